The summed E-state index contributed by atoms with van der Waals surface area (Å²) < 4.78 is 35.5. The minimum absolute atomic E-state index is 0.391. The van der Waals surface area contributed by atoms with E-state index in [1.54, 1.807) is 6.08 Å². The van der Waals surface area contributed by atoms with Crippen LogP contribution in [-0.4, -0.2) is 6.18 Å². The number of hydrogen-bond donors (Lipinski definition) is 0. The summed E-state index contributed by atoms with van der Waals surface area (Å²) in [6.45, 7) is 0. The van der Waals surface area contributed by atoms with Gasteiger partial charge in [-0.25, -0.2) is 0 Å². The van der Waals surface area contributed by atoms with Crippen molar-refractivity contribution in [3.8, 4) is 0 Å². The number of alkyl halides is 3. The molecule has 0 saturated heterocycles. The van der Waals surface area contributed by atoms with Gasteiger partial charge in [0.1, 0.15) is 0 Å². The van der Waals surface area contributed by atoms with E-state index >= 15 is 0 Å². The molecule has 0 radical (unpaired) electrons. The van der Waals surface area contributed by atoms with Gasteiger partial charge in [-0.2, -0.15) is 13.2 Å². The Labute approximate surface area is 60.8 Å². The van der Waals surface area contributed by atoms with E-state index in [0.29, 0.717) is 6.42 Å². The van der Waals surface area contributed by atoms with Gasteiger partial charge in [-0.1, -0.05) is 23.9 Å². The van der Waals surface area contributed by atoms with Crippen molar-refractivity contribution in [3.05, 3.63) is 22.5 Å². The number of thioether (sulfide) groups is 1. The van der Waals surface area contributed by atoms with E-state index in [-0.39, 0.29) is 0 Å². The second-order valence-corrected chi connectivity index (χ2v) is 2.74. The van der Waals surface area contributed by atoms with Crippen LogP contribution in [0.15, 0.2) is 22.5 Å². The van der Waals surface area contributed by atoms with Gasteiger partial charge in [0.15, 0.2) is 0 Å². The highest BCUT2D eigenvalue weighted by Crippen LogP contribution is 2.37. The zero-order valence-electron chi connectivity index (χ0n) is 4.98. The maximum Gasteiger partial charge on any atom is 0.422 e. The molecule has 10 heavy (non-hydrogen) atoms. The first-order chi connectivity index (χ1) is 4.61. The van der Waals surface area contributed by atoms with Crippen molar-refractivity contribution >= 4 is 11.8 Å². The Kier molecular flexibility index (Phi) is 2.08. The molecule has 1 rings (SSSR count). The van der Waals surface area contributed by atoms with Crippen LogP contribution in [0, 0.1) is 0 Å². The quantitative estimate of drug-likeness (QED) is 0.532. The normalized spacial score (nSPS) is 18.9. The van der Waals surface area contributed by atoms with Gasteiger partial charge in [0, 0.05) is 0 Å². The average Bonchev–Trinajstić information content (AvgIpc) is 1.88. The van der Waals surface area contributed by atoms with Crippen molar-refractivity contribution < 1.29 is 13.2 Å². The summed E-state index contributed by atoms with van der Waals surface area (Å²) in [7, 11) is 0. The van der Waals surface area contributed by atoms with Crippen LogP contribution in [-0.2, 0) is 0 Å². The van der Waals surface area contributed by atoms with Gasteiger partial charge in [-0.3, -0.25) is 0 Å². The summed E-state index contributed by atoms with van der Waals surface area (Å²) in [5.74, 6) is 0. The van der Waals surface area contributed by atoms with Crippen molar-refractivity contribution in [3.63, 3.8) is 0 Å². The molecule has 4 heteroatoms. The average molecular weight is 166 g/mol. The summed E-state index contributed by atoms with van der Waals surface area (Å²) in [5, 5.41) is 1.46. The second kappa shape index (κ2) is 2.70. The molecule has 0 aliphatic carbocycles. The number of hydrogen-bond acceptors (Lipinski definition) is 1. The Bertz CT molecular complexity index is 178. The summed E-state index contributed by atoms with van der Waals surface area (Å²) in [4.78, 5) is -0.505. The zero-order chi connectivity index (χ0) is 7.61. The van der Waals surface area contributed by atoms with Crippen LogP contribution in [0.2, 0.25) is 0 Å². The number of halogens is 3. The van der Waals surface area contributed by atoms with E-state index < -0.39 is 11.1 Å². The fraction of sp³-hybridized carbons (Fsp3) is 0.333. The fourth-order valence-corrected chi connectivity index (χ4v) is 1.26. The van der Waals surface area contributed by atoms with Crippen molar-refractivity contribution in [1.82, 2.24) is 0 Å². The lowest BCUT2D eigenvalue weighted by Gasteiger charge is -2.10. The van der Waals surface area contributed by atoms with Crippen LogP contribution in [0.1, 0.15) is 6.42 Å². The summed E-state index contributed by atoms with van der Waals surface area (Å²) in [6, 6.07) is 0. The standard InChI is InChI=1S/C6H5F3S/c7-6(8,9)5-3-1-2-4-10-5/h2-4H,1H2. The predicted octanol–water partition coefficient (Wildman–Crippen LogP) is 3.08. The zero-order valence-corrected chi connectivity index (χ0v) is 5.80. The molecule has 1 aliphatic heterocycles. The van der Waals surface area contributed by atoms with Crippen LogP contribution in [0.5, 0.6) is 0 Å². The van der Waals surface area contributed by atoms with Crippen molar-refractivity contribution in [2.75, 3.05) is 0 Å². The minimum Gasteiger partial charge on any atom is -0.166 e. The van der Waals surface area contributed by atoms with E-state index in [1.165, 1.54) is 11.5 Å². The molecular formula is C6H5F3S. The molecule has 0 aromatic rings. The van der Waals surface area contributed by atoms with Gasteiger partial charge in [0.2, 0.25) is 0 Å². The molecule has 0 aromatic carbocycles. The van der Waals surface area contributed by atoms with Crippen molar-refractivity contribution in [2.24, 2.45) is 0 Å². The van der Waals surface area contributed by atoms with Gasteiger partial charge in [0.25, 0.3) is 0 Å². The van der Waals surface area contributed by atoms with E-state index in [1.807, 2.05) is 0 Å². The van der Waals surface area contributed by atoms with E-state index in [2.05, 4.69) is 0 Å². The van der Waals surface area contributed by atoms with Crippen LogP contribution in [0.4, 0.5) is 13.2 Å². The maximum atomic E-state index is 11.8. The molecule has 0 fully saturated rings. The topological polar surface area (TPSA) is 0 Å². The van der Waals surface area contributed by atoms with Crippen LogP contribution in [0.25, 0.3) is 0 Å². The molecule has 0 saturated carbocycles. The first-order valence-corrected chi connectivity index (χ1v) is 3.57. The molecule has 0 nitrogen and oxygen atoms in total. The Hall–Kier alpha value is -0.380. The molecular weight excluding hydrogens is 161 g/mol. The van der Waals surface area contributed by atoms with Gasteiger partial charge in [-0.15, -0.1) is 0 Å². The minimum atomic E-state index is -4.16. The molecule has 1 heterocycles. The smallest absolute Gasteiger partial charge is 0.166 e. The number of rotatable bonds is 0. The highest BCUT2D eigenvalue weighted by Gasteiger charge is 2.33. The maximum absolute atomic E-state index is 11.8. The van der Waals surface area contributed by atoms with Gasteiger partial charge >= 0.3 is 6.18 Å². The largest absolute Gasteiger partial charge is 0.422 e. The lowest BCUT2D eigenvalue weighted by atomic mass is 10.3. The molecule has 0 N–H and O–H groups in total. The summed E-state index contributed by atoms with van der Waals surface area (Å²) >= 11 is 0.726. The van der Waals surface area contributed by atoms with Crippen LogP contribution < -0.4 is 0 Å². The molecule has 0 amide bonds. The molecule has 0 unspecified atom stereocenters. The second-order valence-electron chi connectivity index (χ2n) is 1.79. The Morgan fingerprint density at radius 1 is 1.40 bits per heavy atom. The van der Waals surface area contributed by atoms with Gasteiger partial charge in [0.05, 0.1) is 4.91 Å². The Morgan fingerprint density at radius 2 is 2.10 bits per heavy atom. The van der Waals surface area contributed by atoms with Crippen LogP contribution in [0.3, 0.4) is 0 Å². The first kappa shape index (κ1) is 7.72. The third-order valence-electron chi connectivity index (χ3n) is 1.01. The first-order valence-electron chi connectivity index (χ1n) is 2.70. The third kappa shape index (κ3) is 1.80. The Morgan fingerprint density at radius 3 is 2.40 bits per heavy atom. The lowest BCUT2D eigenvalue weighted by Crippen LogP contribution is -2.09. The van der Waals surface area contributed by atoms with E-state index in [4.69, 9.17) is 0 Å². The fourth-order valence-electron chi connectivity index (χ4n) is 0.583. The molecule has 0 aromatic heterocycles. The highest BCUT2D eigenvalue weighted by molar-refractivity contribution is 8.05. The monoisotopic (exact) mass is 166 g/mol. The predicted molar refractivity (Wildman–Crippen MR) is 35.5 cm³/mol. The van der Waals surface area contributed by atoms with Gasteiger partial charge < -0.3 is 0 Å². The molecule has 0 spiro atoms. The van der Waals surface area contributed by atoms with Crippen molar-refractivity contribution in [2.45, 2.75) is 12.6 Å². The van der Waals surface area contributed by atoms with E-state index in [0.717, 1.165) is 11.8 Å². The number of allylic oxidation sites excluding steroid dienone is 3. The lowest BCUT2D eigenvalue weighted by molar-refractivity contribution is -0.0837. The molecule has 0 atom stereocenters. The third-order valence-corrected chi connectivity index (χ3v) is 1.99. The summed E-state index contributed by atoms with van der Waals surface area (Å²) in [5.41, 5.74) is 0. The molecule has 0 bridgehead atoms. The molecule has 1 aliphatic rings. The highest BCUT2D eigenvalue weighted by atomic mass is 32.2. The van der Waals surface area contributed by atoms with Gasteiger partial charge in [-0.05, 0) is 11.8 Å². The van der Waals surface area contributed by atoms with Crippen molar-refractivity contribution in [1.29, 1.82) is 0 Å². The molecule has 56 valence electrons. The summed E-state index contributed by atoms with van der Waals surface area (Å²) in [6.07, 6.45) is -0.887. The SMILES string of the molecule is FC(F)(F)C1=CCC=CS1. The Balaban J connectivity index is 2.65. The van der Waals surface area contributed by atoms with E-state index in [9.17, 15) is 13.2 Å². The van der Waals surface area contributed by atoms with Crippen LogP contribution >= 0.6 is 11.8 Å².